The summed E-state index contributed by atoms with van der Waals surface area (Å²) >= 11 is 0.881. The van der Waals surface area contributed by atoms with Gasteiger partial charge in [-0.15, -0.1) is 0 Å². The SMILES string of the molecule is O=[C]OCSCF. The Labute approximate surface area is 45.0 Å². The predicted octanol–water partition coefficient (Wildman–Crippen LogP) is 0.688. The van der Waals surface area contributed by atoms with Crippen LogP contribution in [0, 0.1) is 0 Å². The fourth-order valence-electron chi connectivity index (χ4n) is 0.0972. The molecule has 0 aliphatic rings. The summed E-state index contributed by atoms with van der Waals surface area (Å²) < 4.78 is 15.1. The largest absolute Gasteiger partial charge is 0.446 e. The summed E-state index contributed by atoms with van der Waals surface area (Å²) in [7, 11) is 0. The van der Waals surface area contributed by atoms with Crippen LogP contribution in [-0.4, -0.2) is 18.4 Å². The number of alkyl halides is 1. The van der Waals surface area contributed by atoms with E-state index in [1.165, 1.54) is 6.47 Å². The first-order valence-corrected chi connectivity index (χ1v) is 2.70. The zero-order valence-corrected chi connectivity index (χ0v) is 4.33. The molecule has 0 heterocycles. The molecule has 0 fully saturated rings. The number of hydrogen-bond donors (Lipinski definition) is 0. The van der Waals surface area contributed by atoms with Gasteiger partial charge in [-0.25, -0.2) is 9.18 Å². The van der Waals surface area contributed by atoms with Crippen LogP contribution in [0.1, 0.15) is 0 Å². The Bertz CT molecular complexity index is 50.2. The Morgan fingerprint density at radius 2 is 2.57 bits per heavy atom. The van der Waals surface area contributed by atoms with Crippen LogP contribution < -0.4 is 0 Å². The van der Waals surface area contributed by atoms with Gasteiger partial charge in [0.05, 0.1) is 0 Å². The van der Waals surface area contributed by atoms with Crippen LogP contribution in [0.5, 0.6) is 0 Å². The molecule has 0 amide bonds. The van der Waals surface area contributed by atoms with Crippen molar-refractivity contribution in [2.75, 3.05) is 11.9 Å². The molecule has 1 radical (unpaired) electrons. The van der Waals surface area contributed by atoms with E-state index in [2.05, 4.69) is 4.74 Å². The van der Waals surface area contributed by atoms with E-state index in [0.717, 1.165) is 11.8 Å². The molecule has 0 aliphatic heterocycles. The van der Waals surface area contributed by atoms with E-state index in [4.69, 9.17) is 0 Å². The van der Waals surface area contributed by atoms with E-state index in [0.29, 0.717) is 0 Å². The van der Waals surface area contributed by atoms with Gasteiger partial charge in [0, 0.05) is 0 Å². The minimum atomic E-state index is -0.526. The van der Waals surface area contributed by atoms with Crippen LogP contribution in [0.3, 0.4) is 0 Å². The van der Waals surface area contributed by atoms with Crippen molar-refractivity contribution >= 4 is 18.2 Å². The number of rotatable bonds is 4. The molecule has 0 aromatic rings. The molecule has 0 saturated carbocycles. The van der Waals surface area contributed by atoms with Gasteiger partial charge in [-0.1, -0.05) is 11.8 Å². The minimum Gasteiger partial charge on any atom is -0.446 e. The summed E-state index contributed by atoms with van der Waals surface area (Å²) in [6, 6.07) is -0.526. The monoisotopic (exact) mass is 123 g/mol. The quantitative estimate of drug-likeness (QED) is 0.406. The van der Waals surface area contributed by atoms with Crippen LogP contribution in [0.25, 0.3) is 0 Å². The van der Waals surface area contributed by atoms with Crippen molar-refractivity contribution in [3.05, 3.63) is 0 Å². The molecule has 0 rings (SSSR count). The Kier molecular flexibility index (Phi) is 5.54. The fraction of sp³-hybridized carbons (Fsp3) is 0.667. The van der Waals surface area contributed by atoms with Gasteiger partial charge < -0.3 is 4.74 Å². The second kappa shape index (κ2) is 5.75. The summed E-state index contributed by atoms with van der Waals surface area (Å²) in [5, 5.41) is 0. The highest BCUT2D eigenvalue weighted by Crippen LogP contribution is 1.97. The van der Waals surface area contributed by atoms with Gasteiger partial charge in [-0.05, 0) is 0 Å². The van der Waals surface area contributed by atoms with Crippen molar-refractivity contribution in [2.45, 2.75) is 0 Å². The molecular weight excluding hydrogens is 119 g/mol. The van der Waals surface area contributed by atoms with Crippen LogP contribution in [0.15, 0.2) is 0 Å². The van der Waals surface area contributed by atoms with E-state index >= 15 is 0 Å². The van der Waals surface area contributed by atoms with Crippen molar-refractivity contribution in [3.8, 4) is 0 Å². The van der Waals surface area contributed by atoms with Gasteiger partial charge in [0.15, 0.2) is 0 Å². The van der Waals surface area contributed by atoms with Gasteiger partial charge in [0.25, 0.3) is 0 Å². The fourth-order valence-corrected chi connectivity index (χ4v) is 0.292. The van der Waals surface area contributed by atoms with E-state index in [9.17, 15) is 9.18 Å². The number of hydrogen-bond acceptors (Lipinski definition) is 3. The molecule has 4 heteroatoms. The summed E-state index contributed by atoms with van der Waals surface area (Å²) in [5.74, 6) is 0.0556. The highest BCUT2D eigenvalue weighted by atomic mass is 32.2. The first kappa shape index (κ1) is 6.75. The molecule has 0 bridgehead atoms. The Balaban J connectivity index is 2.56. The predicted molar refractivity (Wildman–Crippen MR) is 25.2 cm³/mol. The second-order valence-electron chi connectivity index (χ2n) is 0.659. The molecule has 0 aliphatic carbocycles. The molecule has 41 valence electrons. The number of thioether (sulfide) groups is 1. The van der Waals surface area contributed by atoms with Crippen molar-refractivity contribution in [1.82, 2.24) is 0 Å². The van der Waals surface area contributed by atoms with Crippen LogP contribution in [0.4, 0.5) is 4.39 Å². The highest BCUT2D eigenvalue weighted by molar-refractivity contribution is 7.98. The summed E-state index contributed by atoms with van der Waals surface area (Å²) in [6.45, 7) is 1.16. The summed E-state index contributed by atoms with van der Waals surface area (Å²) in [4.78, 5) is 9.20. The molecule has 7 heavy (non-hydrogen) atoms. The Morgan fingerprint density at radius 1 is 1.86 bits per heavy atom. The van der Waals surface area contributed by atoms with Crippen LogP contribution in [0.2, 0.25) is 0 Å². The first-order chi connectivity index (χ1) is 3.41. The molecule has 0 aromatic carbocycles. The molecule has 0 spiro atoms. The van der Waals surface area contributed by atoms with Gasteiger partial charge in [0.1, 0.15) is 11.9 Å². The van der Waals surface area contributed by atoms with Crippen molar-refractivity contribution in [3.63, 3.8) is 0 Å². The number of ether oxygens (including phenoxy) is 1. The van der Waals surface area contributed by atoms with E-state index in [1.54, 1.807) is 0 Å². The van der Waals surface area contributed by atoms with Crippen molar-refractivity contribution < 1.29 is 13.9 Å². The Morgan fingerprint density at radius 3 is 3.00 bits per heavy atom. The zero-order chi connectivity index (χ0) is 5.54. The maximum absolute atomic E-state index is 11.1. The lowest BCUT2D eigenvalue weighted by atomic mass is 11.5. The number of halogens is 1. The van der Waals surface area contributed by atoms with E-state index in [1.807, 2.05) is 0 Å². The summed E-state index contributed by atoms with van der Waals surface area (Å²) in [6.07, 6.45) is 0. The topological polar surface area (TPSA) is 26.3 Å². The minimum absolute atomic E-state index is 0.0556. The molecule has 0 saturated heterocycles. The average molecular weight is 123 g/mol. The molecule has 0 unspecified atom stereocenters. The number of carbonyl (C=O) groups excluding carboxylic acids is 1. The van der Waals surface area contributed by atoms with Gasteiger partial charge in [-0.2, -0.15) is 0 Å². The summed E-state index contributed by atoms with van der Waals surface area (Å²) in [5.41, 5.74) is 0. The normalized spacial score (nSPS) is 8.14. The third kappa shape index (κ3) is 5.75. The van der Waals surface area contributed by atoms with Crippen molar-refractivity contribution in [1.29, 1.82) is 0 Å². The molecule has 0 aromatic heterocycles. The lowest BCUT2D eigenvalue weighted by molar-refractivity contribution is 0.336. The lowest BCUT2D eigenvalue weighted by Crippen LogP contribution is -1.83. The van der Waals surface area contributed by atoms with E-state index < -0.39 is 6.01 Å². The standard InChI is InChI=1S/C3H4FO2S/c4-1-7-3-6-2-5/h1,3H2. The van der Waals surface area contributed by atoms with Gasteiger partial charge in [0.2, 0.25) is 0 Å². The smallest absolute Gasteiger partial charge is 0.418 e. The maximum atomic E-state index is 11.1. The first-order valence-electron chi connectivity index (χ1n) is 1.54. The molecular formula is C3H4FO2S. The Hall–Kier alpha value is -0.250. The third-order valence-electron chi connectivity index (χ3n) is 0.278. The van der Waals surface area contributed by atoms with Crippen molar-refractivity contribution in [2.24, 2.45) is 0 Å². The maximum Gasteiger partial charge on any atom is 0.418 e. The van der Waals surface area contributed by atoms with E-state index in [-0.39, 0.29) is 5.94 Å². The van der Waals surface area contributed by atoms with Crippen LogP contribution >= 0.6 is 11.8 Å². The third-order valence-corrected chi connectivity index (χ3v) is 0.717. The van der Waals surface area contributed by atoms with Gasteiger partial charge in [-0.3, -0.25) is 0 Å². The molecule has 2 nitrogen and oxygen atoms in total. The average Bonchev–Trinajstić information content (AvgIpc) is 1.69. The molecule has 0 atom stereocenters. The highest BCUT2D eigenvalue weighted by Gasteiger charge is 1.81. The lowest BCUT2D eigenvalue weighted by Gasteiger charge is -1.87. The van der Waals surface area contributed by atoms with Gasteiger partial charge >= 0.3 is 6.47 Å². The second-order valence-corrected chi connectivity index (χ2v) is 1.52. The molecule has 0 N–H and O–H groups in total. The van der Waals surface area contributed by atoms with Crippen LogP contribution in [-0.2, 0) is 9.53 Å². The zero-order valence-electron chi connectivity index (χ0n) is 3.52.